The number of thioether (sulfide) groups is 1. The van der Waals surface area contributed by atoms with E-state index in [1.54, 1.807) is 23.3 Å². The Morgan fingerprint density at radius 2 is 1.96 bits per heavy atom. The minimum Gasteiger partial charge on any atom is -0.376 e. The lowest BCUT2D eigenvalue weighted by atomic mass is 9.36. The molecule has 4 saturated carbocycles. The number of halogens is 3. The number of amides is 1. The Balaban J connectivity index is 1.03. The largest absolute Gasteiger partial charge is 0.376 e. The predicted octanol–water partition coefficient (Wildman–Crippen LogP) is 3.50. The topological polar surface area (TPSA) is 123 Å². The molecule has 1 aromatic rings. The van der Waals surface area contributed by atoms with Gasteiger partial charge in [-0.1, -0.05) is 6.92 Å². The number of aryl methyl sites for hydroxylation is 2. The van der Waals surface area contributed by atoms with Crippen molar-refractivity contribution in [2.24, 2.45) is 23.2 Å². The van der Waals surface area contributed by atoms with Crippen molar-refractivity contribution < 1.29 is 26.7 Å². The number of fused-ring (bicyclic) bond motifs is 2. The molecular weight excluding hydrogens is 696 g/mol. The van der Waals surface area contributed by atoms with Gasteiger partial charge in [0.05, 0.1) is 42.7 Å². The van der Waals surface area contributed by atoms with Crippen molar-refractivity contribution in [2.75, 3.05) is 25.7 Å². The van der Waals surface area contributed by atoms with Crippen LogP contribution in [0.15, 0.2) is 4.79 Å². The van der Waals surface area contributed by atoms with Crippen LogP contribution in [-0.4, -0.2) is 101 Å². The number of ether oxygens (including phenoxy) is 1. The van der Waals surface area contributed by atoms with Crippen molar-refractivity contribution in [3.8, 4) is 0 Å². The van der Waals surface area contributed by atoms with Crippen LogP contribution in [0, 0.1) is 30.1 Å². The van der Waals surface area contributed by atoms with E-state index >= 15 is 0 Å². The van der Waals surface area contributed by atoms with Gasteiger partial charge in [0, 0.05) is 45.5 Å². The molecule has 6 fully saturated rings. The first-order valence-electron chi connectivity index (χ1n) is 17.8. The minimum absolute atomic E-state index is 0.0260. The normalized spacial score (nSPS) is 41.0. The zero-order chi connectivity index (χ0) is 35.3. The molecule has 49 heavy (non-hydrogen) atoms. The maximum absolute atomic E-state index is 15.0. The highest BCUT2D eigenvalue weighted by Gasteiger charge is 2.87. The molecule has 1 amide bonds. The van der Waals surface area contributed by atoms with E-state index < -0.39 is 38.7 Å². The number of sulfonamides is 1. The molecule has 3 heterocycles. The highest BCUT2D eigenvalue weighted by molar-refractivity contribution is 8.00. The van der Waals surface area contributed by atoms with E-state index in [2.05, 4.69) is 17.0 Å². The Labute approximate surface area is 297 Å². The van der Waals surface area contributed by atoms with Crippen LogP contribution in [0.1, 0.15) is 75.9 Å². The fourth-order valence-corrected chi connectivity index (χ4v) is 13.1. The fourth-order valence-electron chi connectivity index (χ4n) is 10.4. The summed E-state index contributed by atoms with van der Waals surface area (Å²) in [6.07, 6.45) is 7.00. The van der Waals surface area contributed by atoms with Gasteiger partial charge in [0.1, 0.15) is 5.82 Å². The third kappa shape index (κ3) is 5.99. The van der Waals surface area contributed by atoms with Gasteiger partial charge in [0.15, 0.2) is 0 Å². The van der Waals surface area contributed by atoms with E-state index in [9.17, 15) is 26.8 Å². The second-order valence-corrected chi connectivity index (χ2v) is 19.8. The molecule has 0 spiro atoms. The SMILES string of the molecule is Cc1nc2c(c(=O)n1CCOC1CCC(Cl)CC1C1CC(C)NC3C(C(=O)NS(C)(=O)=O)CSC13)CC(N(C)C13CC(C)(C1)C3(F)F)CC2. The van der Waals surface area contributed by atoms with E-state index in [-0.39, 0.29) is 52.3 Å². The van der Waals surface area contributed by atoms with Crippen LogP contribution < -0.4 is 15.6 Å². The van der Waals surface area contributed by atoms with Gasteiger partial charge in [-0.25, -0.2) is 22.2 Å². The third-order valence-electron chi connectivity index (χ3n) is 13.0. The highest BCUT2D eigenvalue weighted by atomic mass is 35.5. The number of alkyl halides is 3. The number of rotatable bonds is 9. The molecule has 7 aliphatic rings. The Bertz CT molecular complexity index is 1660. The maximum Gasteiger partial charge on any atom is 0.271 e. The quantitative estimate of drug-likeness (QED) is 0.366. The molecule has 274 valence electrons. The number of carbonyl (C=O) groups is 1. The van der Waals surface area contributed by atoms with E-state index in [1.165, 1.54) is 0 Å². The molecule has 0 aromatic carbocycles. The average molecular weight is 746 g/mol. The van der Waals surface area contributed by atoms with Crippen LogP contribution in [-0.2, 0) is 38.9 Å². The Hall–Kier alpha value is -1.32. The van der Waals surface area contributed by atoms with Gasteiger partial charge >= 0.3 is 0 Å². The summed E-state index contributed by atoms with van der Waals surface area (Å²) in [5, 5.41) is 3.74. The molecule has 15 heteroatoms. The molecular formula is C34H50ClF2N5O5S2. The first kappa shape index (κ1) is 36.1. The number of nitrogens with zero attached hydrogens (tertiary/aromatic N) is 3. The summed E-state index contributed by atoms with van der Waals surface area (Å²) >= 11 is 8.49. The van der Waals surface area contributed by atoms with E-state index in [4.69, 9.17) is 21.3 Å². The van der Waals surface area contributed by atoms with Crippen molar-refractivity contribution in [3.05, 3.63) is 27.4 Å². The number of nitrogens with one attached hydrogen (secondary N) is 2. The smallest absolute Gasteiger partial charge is 0.271 e. The van der Waals surface area contributed by atoms with Crippen LogP contribution >= 0.6 is 23.4 Å². The molecule has 2 bridgehead atoms. The molecule has 1 aromatic heterocycles. The van der Waals surface area contributed by atoms with Crippen LogP contribution in [0.2, 0.25) is 0 Å². The van der Waals surface area contributed by atoms with Crippen molar-refractivity contribution in [1.29, 1.82) is 0 Å². The van der Waals surface area contributed by atoms with Gasteiger partial charge in [-0.2, -0.15) is 11.8 Å². The van der Waals surface area contributed by atoms with E-state index in [1.807, 2.05) is 18.9 Å². The van der Waals surface area contributed by atoms with Crippen molar-refractivity contribution in [2.45, 2.75) is 131 Å². The zero-order valence-electron chi connectivity index (χ0n) is 29.0. The van der Waals surface area contributed by atoms with Crippen LogP contribution in [0.3, 0.4) is 0 Å². The molecule has 5 aliphatic carbocycles. The highest BCUT2D eigenvalue weighted by Crippen LogP contribution is 2.78. The monoisotopic (exact) mass is 745 g/mol. The first-order valence-corrected chi connectivity index (χ1v) is 21.2. The Kier molecular flexibility index (Phi) is 9.32. The summed E-state index contributed by atoms with van der Waals surface area (Å²) in [7, 11) is -1.85. The van der Waals surface area contributed by atoms with Crippen LogP contribution in [0.4, 0.5) is 8.78 Å². The van der Waals surface area contributed by atoms with Crippen LogP contribution in [0.5, 0.6) is 0 Å². The molecule has 2 saturated heterocycles. The second kappa shape index (κ2) is 12.7. The number of hydrogen-bond acceptors (Lipinski definition) is 9. The zero-order valence-corrected chi connectivity index (χ0v) is 31.4. The van der Waals surface area contributed by atoms with Gasteiger partial charge in [-0.3, -0.25) is 23.8 Å². The second-order valence-electron chi connectivity index (χ2n) is 16.2. The summed E-state index contributed by atoms with van der Waals surface area (Å²) in [6, 6.07) is -0.130. The third-order valence-corrected chi connectivity index (χ3v) is 15.5. The summed E-state index contributed by atoms with van der Waals surface area (Å²) in [5.41, 5.74) is -0.645. The van der Waals surface area contributed by atoms with Crippen molar-refractivity contribution in [3.63, 3.8) is 0 Å². The average Bonchev–Trinajstić information content (AvgIpc) is 3.44. The predicted molar refractivity (Wildman–Crippen MR) is 186 cm³/mol. The van der Waals surface area contributed by atoms with Crippen molar-refractivity contribution >= 4 is 39.3 Å². The Morgan fingerprint density at radius 3 is 2.63 bits per heavy atom. The molecule has 10 nitrogen and oxygen atoms in total. The molecule has 0 radical (unpaired) electrons. The standard InChI is InChI=1S/C34H50ClF2N5O5S2/c1-18-12-23(29-28(38-18)25(15-48-29)30(43)40-49(5,45)46)22-13-20(35)6-9-27(22)47-11-10-42-19(2)39-26-8-7-21(14-24(26)31(42)44)41(4)33-16-32(3,17-33)34(33,36)37/h18,20-23,25,27-29,38H,6-17H2,1-5H3,(H,40,43). The minimum atomic E-state index is -3.66. The van der Waals surface area contributed by atoms with E-state index in [0.717, 1.165) is 37.6 Å². The first-order chi connectivity index (χ1) is 22.9. The number of aromatic nitrogens is 2. The van der Waals surface area contributed by atoms with Gasteiger partial charge in [-0.15, -0.1) is 11.6 Å². The molecule has 9 atom stereocenters. The molecule has 2 aliphatic heterocycles. The Morgan fingerprint density at radius 1 is 1.22 bits per heavy atom. The van der Waals surface area contributed by atoms with Gasteiger partial charge in [0.2, 0.25) is 15.9 Å². The summed E-state index contributed by atoms with van der Waals surface area (Å²) in [6.45, 7) is 6.29. The van der Waals surface area contributed by atoms with Gasteiger partial charge in [-0.05, 0) is 90.5 Å². The van der Waals surface area contributed by atoms with Crippen LogP contribution in [0.25, 0.3) is 0 Å². The molecule has 9 unspecified atom stereocenters. The lowest BCUT2D eigenvalue weighted by molar-refractivity contribution is -0.402. The summed E-state index contributed by atoms with van der Waals surface area (Å²) < 4.78 is 64.1. The van der Waals surface area contributed by atoms with E-state index in [0.29, 0.717) is 62.4 Å². The molecule has 8 rings (SSSR count). The van der Waals surface area contributed by atoms with Gasteiger partial charge < -0.3 is 10.1 Å². The maximum atomic E-state index is 15.0. The summed E-state index contributed by atoms with van der Waals surface area (Å²) in [5.74, 6) is -2.04. The van der Waals surface area contributed by atoms with Gasteiger partial charge in [0.25, 0.3) is 11.5 Å². The number of carbonyl (C=O) groups excluding carboxylic acids is 1. The number of likely N-dealkylation sites (N-methyl/N-ethyl adjacent to an activating group) is 1. The lowest BCUT2D eigenvalue weighted by Gasteiger charge is -2.77. The number of hydrogen-bond donors (Lipinski definition) is 2. The fraction of sp³-hybridized carbons (Fsp3) is 0.853. The number of piperidine rings is 1. The van der Waals surface area contributed by atoms with Crippen molar-refractivity contribution in [1.82, 2.24) is 24.5 Å². The lowest BCUT2D eigenvalue weighted by Crippen LogP contribution is -2.88. The molecule has 2 N–H and O–H groups in total. The summed E-state index contributed by atoms with van der Waals surface area (Å²) in [4.78, 5) is 33.5.